The maximum atomic E-state index is 12.8. The Kier molecular flexibility index (Phi) is 4.79. The van der Waals surface area contributed by atoms with E-state index in [1.807, 2.05) is 39.3 Å². The number of ether oxygens (including phenoxy) is 1. The Bertz CT molecular complexity index is 601. The molecular formula is C16H25N3O4. The van der Waals surface area contributed by atoms with E-state index < -0.39 is 12.0 Å². The molecule has 1 saturated heterocycles. The van der Waals surface area contributed by atoms with Gasteiger partial charge in [-0.1, -0.05) is 13.8 Å². The number of hydrogen-bond acceptors (Lipinski definition) is 4. The van der Waals surface area contributed by atoms with Gasteiger partial charge in [0.2, 0.25) is 0 Å². The number of hydrogen-bond donors (Lipinski definition) is 1. The molecule has 1 aliphatic heterocycles. The first-order valence-electron chi connectivity index (χ1n) is 7.85. The lowest BCUT2D eigenvalue weighted by Gasteiger charge is -2.32. The third-order valence-electron chi connectivity index (χ3n) is 3.86. The smallest absolute Gasteiger partial charge is 0.328 e. The Hall–Kier alpha value is -1.89. The summed E-state index contributed by atoms with van der Waals surface area (Å²) in [6, 6.07) is 0.811. The lowest BCUT2D eigenvalue weighted by Crippen LogP contribution is -2.52. The van der Waals surface area contributed by atoms with Crippen molar-refractivity contribution in [2.45, 2.75) is 52.1 Å². The topological polar surface area (TPSA) is 84.7 Å². The molecule has 0 aromatic carbocycles. The highest BCUT2D eigenvalue weighted by Gasteiger charge is 2.35. The first-order valence-corrected chi connectivity index (χ1v) is 7.85. The zero-order chi connectivity index (χ0) is 17.4. The second-order valence-corrected chi connectivity index (χ2v) is 7.12. The monoisotopic (exact) mass is 323 g/mol. The predicted molar refractivity (Wildman–Crippen MR) is 84.6 cm³/mol. The van der Waals surface area contributed by atoms with Crippen molar-refractivity contribution in [1.82, 2.24) is 14.7 Å². The summed E-state index contributed by atoms with van der Waals surface area (Å²) in [5, 5.41) is 13.7. The summed E-state index contributed by atoms with van der Waals surface area (Å²) in [5.74, 6) is -1.20. The number of aromatic nitrogens is 2. The molecule has 1 amide bonds. The van der Waals surface area contributed by atoms with Gasteiger partial charge in [-0.15, -0.1) is 0 Å². The summed E-state index contributed by atoms with van der Waals surface area (Å²) in [6.07, 6.45) is 0. The number of amides is 1. The van der Waals surface area contributed by atoms with Crippen molar-refractivity contribution in [3.8, 4) is 0 Å². The molecule has 0 spiro atoms. The summed E-state index contributed by atoms with van der Waals surface area (Å²) in [7, 11) is 0. The van der Waals surface area contributed by atoms with Gasteiger partial charge in [0.05, 0.1) is 18.8 Å². The Morgan fingerprint density at radius 1 is 1.39 bits per heavy atom. The minimum absolute atomic E-state index is 0.0120. The molecule has 1 unspecified atom stereocenters. The second kappa shape index (κ2) is 6.31. The van der Waals surface area contributed by atoms with E-state index in [4.69, 9.17) is 4.74 Å². The molecule has 0 aliphatic carbocycles. The quantitative estimate of drug-likeness (QED) is 0.915. The molecule has 23 heavy (non-hydrogen) atoms. The molecule has 0 radical (unpaired) electrons. The SMILES string of the molecule is CC(C)c1cc(C(=O)N2CCOCC2C(=O)O)nn1C(C)(C)C. The Balaban J connectivity index is 2.37. The number of carbonyl (C=O) groups is 2. The van der Waals surface area contributed by atoms with Gasteiger partial charge in [0, 0.05) is 12.2 Å². The molecule has 2 rings (SSSR count). The van der Waals surface area contributed by atoms with Crippen LogP contribution in [0.5, 0.6) is 0 Å². The highest BCUT2D eigenvalue weighted by molar-refractivity contribution is 5.95. The molecule has 1 aromatic rings. The van der Waals surface area contributed by atoms with Gasteiger partial charge < -0.3 is 14.7 Å². The fraction of sp³-hybridized carbons (Fsp3) is 0.688. The first-order chi connectivity index (χ1) is 10.6. The van der Waals surface area contributed by atoms with Crippen LogP contribution >= 0.6 is 0 Å². The molecule has 0 saturated carbocycles. The van der Waals surface area contributed by atoms with E-state index in [9.17, 15) is 14.7 Å². The molecule has 1 fully saturated rings. The van der Waals surface area contributed by atoms with E-state index in [-0.39, 0.29) is 36.2 Å². The molecule has 1 atom stereocenters. The van der Waals surface area contributed by atoms with Crippen LogP contribution in [0, 0.1) is 0 Å². The summed E-state index contributed by atoms with van der Waals surface area (Å²) in [5.41, 5.74) is 0.993. The van der Waals surface area contributed by atoms with Crippen LogP contribution in [0.15, 0.2) is 6.07 Å². The van der Waals surface area contributed by atoms with Crippen molar-refractivity contribution in [2.75, 3.05) is 19.8 Å². The number of rotatable bonds is 3. The van der Waals surface area contributed by atoms with Gasteiger partial charge in [-0.2, -0.15) is 5.10 Å². The number of carboxylic acid groups (broad SMARTS) is 1. The van der Waals surface area contributed by atoms with E-state index in [2.05, 4.69) is 5.10 Å². The van der Waals surface area contributed by atoms with Crippen LogP contribution in [-0.4, -0.2) is 57.5 Å². The van der Waals surface area contributed by atoms with Crippen molar-refractivity contribution in [2.24, 2.45) is 0 Å². The van der Waals surface area contributed by atoms with E-state index in [1.165, 1.54) is 4.90 Å². The molecule has 1 N–H and O–H groups in total. The van der Waals surface area contributed by atoms with Crippen molar-refractivity contribution in [3.63, 3.8) is 0 Å². The van der Waals surface area contributed by atoms with Gasteiger partial charge in [0.25, 0.3) is 5.91 Å². The third-order valence-corrected chi connectivity index (χ3v) is 3.86. The predicted octanol–water partition coefficient (Wildman–Crippen LogP) is 1.69. The number of morpholine rings is 1. The standard InChI is InChI=1S/C16H25N3O4/c1-10(2)12-8-11(17-19(12)16(3,4)5)14(20)18-6-7-23-9-13(18)15(21)22/h8,10,13H,6-7,9H2,1-5H3,(H,21,22). The normalized spacial score (nSPS) is 19.2. The molecule has 128 valence electrons. The summed E-state index contributed by atoms with van der Waals surface area (Å²) in [4.78, 5) is 25.4. The van der Waals surface area contributed by atoms with E-state index in [0.717, 1.165) is 5.69 Å². The van der Waals surface area contributed by atoms with Gasteiger partial charge in [0.1, 0.15) is 0 Å². The molecule has 7 nitrogen and oxygen atoms in total. The number of aliphatic carboxylic acids is 1. The zero-order valence-corrected chi connectivity index (χ0v) is 14.4. The molecule has 7 heteroatoms. The van der Waals surface area contributed by atoms with Gasteiger partial charge >= 0.3 is 5.97 Å². The maximum Gasteiger partial charge on any atom is 0.328 e. The van der Waals surface area contributed by atoms with Crippen LogP contribution in [0.3, 0.4) is 0 Å². The second-order valence-electron chi connectivity index (χ2n) is 7.12. The number of nitrogens with zero attached hydrogens (tertiary/aromatic N) is 3. The Morgan fingerprint density at radius 2 is 2.04 bits per heavy atom. The highest BCUT2D eigenvalue weighted by atomic mass is 16.5. The molecule has 1 aromatic heterocycles. The molecule has 1 aliphatic rings. The lowest BCUT2D eigenvalue weighted by molar-refractivity contribution is -0.147. The number of carboxylic acids is 1. The summed E-state index contributed by atoms with van der Waals surface area (Å²) < 4.78 is 7.03. The van der Waals surface area contributed by atoms with E-state index in [1.54, 1.807) is 6.07 Å². The largest absolute Gasteiger partial charge is 0.480 e. The van der Waals surface area contributed by atoms with Gasteiger partial charge in [-0.25, -0.2) is 4.79 Å². The van der Waals surface area contributed by atoms with E-state index >= 15 is 0 Å². The summed E-state index contributed by atoms with van der Waals surface area (Å²) >= 11 is 0. The maximum absolute atomic E-state index is 12.8. The minimum Gasteiger partial charge on any atom is -0.480 e. The van der Waals surface area contributed by atoms with Gasteiger partial charge in [-0.05, 0) is 32.8 Å². The van der Waals surface area contributed by atoms with Crippen LogP contribution in [0.2, 0.25) is 0 Å². The van der Waals surface area contributed by atoms with Crippen molar-refractivity contribution in [3.05, 3.63) is 17.5 Å². The van der Waals surface area contributed by atoms with Crippen molar-refractivity contribution >= 4 is 11.9 Å². The van der Waals surface area contributed by atoms with Crippen LogP contribution in [-0.2, 0) is 15.1 Å². The van der Waals surface area contributed by atoms with Gasteiger partial charge in [0.15, 0.2) is 11.7 Å². The van der Waals surface area contributed by atoms with Crippen molar-refractivity contribution < 1.29 is 19.4 Å². The van der Waals surface area contributed by atoms with Crippen LogP contribution in [0.4, 0.5) is 0 Å². The minimum atomic E-state index is -1.06. The Labute approximate surface area is 136 Å². The Morgan fingerprint density at radius 3 is 2.52 bits per heavy atom. The fourth-order valence-corrected chi connectivity index (χ4v) is 2.65. The molecule has 0 bridgehead atoms. The zero-order valence-electron chi connectivity index (χ0n) is 14.4. The highest BCUT2D eigenvalue weighted by Crippen LogP contribution is 2.24. The average molecular weight is 323 g/mol. The van der Waals surface area contributed by atoms with Crippen molar-refractivity contribution in [1.29, 1.82) is 0 Å². The van der Waals surface area contributed by atoms with Gasteiger partial charge in [-0.3, -0.25) is 9.48 Å². The third kappa shape index (κ3) is 3.55. The number of carbonyl (C=O) groups excluding carboxylic acids is 1. The van der Waals surface area contributed by atoms with E-state index in [0.29, 0.717) is 6.61 Å². The van der Waals surface area contributed by atoms with Crippen LogP contribution in [0.1, 0.15) is 56.7 Å². The fourth-order valence-electron chi connectivity index (χ4n) is 2.65. The van der Waals surface area contributed by atoms with Crippen LogP contribution < -0.4 is 0 Å². The lowest BCUT2D eigenvalue weighted by atomic mass is 10.1. The first kappa shape index (κ1) is 17.5. The average Bonchev–Trinajstić information content (AvgIpc) is 2.92. The summed E-state index contributed by atoms with van der Waals surface area (Å²) in [6.45, 7) is 10.8. The van der Waals surface area contributed by atoms with Crippen LogP contribution in [0.25, 0.3) is 0 Å². The molecular weight excluding hydrogens is 298 g/mol. The molecule has 2 heterocycles.